The van der Waals surface area contributed by atoms with Gasteiger partial charge in [-0.1, -0.05) is 20.8 Å². The zero-order valence-corrected chi connectivity index (χ0v) is 8.33. The fraction of sp³-hybridized carbons (Fsp3) is 0.556. The second-order valence-corrected chi connectivity index (χ2v) is 4.09. The van der Waals surface area contributed by atoms with Crippen LogP contribution in [0.4, 0.5) is 0 Å². The average Bonchev–Trinajstić information content (AvgIpc) is 1.94. The highest BCUT2D eigenvalue weighted by atomic mass is 16.3. The molecule has 0 bridgehead atoms. The summed E-state index contributed by atoms with van der Waals surface area (Å²) in [7, 11) is 1.65. The predicted octanol–water partition coefficient (Wildman–Crippen LogP) is 0.783. The summed E-state index contributed by atoms with van der Waals surface area (Å²) in [6, 6.07) is 1.11. The lowest BCUT2D eigenvalue weighted by atomic mass is 9.95. The first-order valence-electron chi connectivity index (χ1n) is 4.10. The molecule has 72 valence electrons. The van der Waals surface area contributed by atoms with Crippen LogP contribution in [0.2, 0.25) is 0 Å². The minimum Gasteiger partial charge on any atom is -0.493 e. The maximum absolute atomic E-state index is 11.3. The summed E-state index contributed by atoms with van der Waals surface area (Å²) in [4.78, 5) is 15.2. The van der Waals surface area contributed by atoms with Crippen molar-refractivity contribution in [2.45, 2.75) is 26.2 Å². The number of rotatable bonds is 0. The van der Waals surface area contributed by atoms with Gasteiger partial charge in [-0.15, -0.1) is 0 Å². The Labute approximate surface area is 76.9 Å². The summed E-state index contributed by atoms with van der Waals surface area (Å²) in [5, 5.41) is 9.16. The highest BCUT2D eigenvalue weighted by molar-refractivity contribution is 5.13. The molecule has 4 heteroatoms. The van der Waals surface area contributed by atoms with Crippen LogP contribution < -0.4 is 5.56 Å². The topological polar surface area (TPSA) is 55.1 Å². The molecule has 1 aromatic heterocycles. The fourth-order valence-electron chi connectivity index (χ4n) is 1.20. The van der Waals surface area contributed by atoms with E-state index in [9.17, 15) is 4.79 Å². The maximum atomic E-state index is 11.3. The summed E-state index contributed by atoms with van der Waals surface area (Å²) >= 11 is 0. The lowest BCUT2D eigenvalue weighted by Gasteiger charge is -2.20. The molecule has 0 aromatic carbocycles. The first-order chi connectivity index (χ1) is 5.82. The lowest BCUT2D eigenvalue weighted by Crippen LogP contribution is -2.28. The molecule has 1 heterocycles. The van der Waals surface area contributed by atoms with E-state index in [1.165, 1.54) is 4.57 Å². The van der Waals surface area contributed by atoms with Crippen molar-refractivity contribution in [3.8, 4) is 5.88 Å². The van der Waals surface area contributed by atoms with Crippen molar-refractivity contribution in [2.24, 2.45) is 7.05 Å². The van der Waals surface area contributed by atoms with E-state index in [0.29, 0.717) is 5.82 Å². The average molecular weight is 182 g/mol. The Balaban J connectivity index is 3.46. The normalized spacial score (nSPS) is 11.7. The van der Waals surface area contributed by atoms with Crippen molar-refractivity contribution in [3.05, 3.63) is 22.2 Å². The third-order valence-corrected chi connectivity index (χ3v) is 1.79. The van der Waals surface area contributed by atoms with Gasteiger partial charge < -0.3 is 5.11 Å². The molecule has 0 aliphatic rings. The van der Waals surface area contributed by atoms with Crippen molar-refractivity contribution in [1.82, 2.24) is 9.55 Å². The highest BCUT2D eigenvalue weighted by Crippen LogP contribution is 2.19. The summed E-state index contributed by atoms with van der Waals surface area (Å²) in [5.74, 6) is 0.366. The number of aromatic hydroxyl groups is 1. The molecule has 0 aliphatic carbocycles. The molecule has 13 heavy (non-hydrogen) atoms. The molecule has 1 aromatic rings. The zero-order chi connectivity index (χ0) is 10.2. The lowest BCUT2D eigenvalue weighted by molar-refractivity contribution is 0.423. The third kappa shape index (κ3) is 1.88. The summed E-state index contributed by atoms with van der Waals surface area (Å²) in [6.45, 7) is 5.82. The molecule has 0 fully saturated rings. The SMILES string of the molecule is Cn1c(C(C)(C)C)nc(O)cc1=O. The van der Waals surface area contributed by atoms with E-state index in [2.05, 4.69) is 4.98 Å². The van der Waals surface area contributed by atoms with Gasteiger partial charge in [-0.25, -0.2) is 0 Å². The van der Waals surface area contributed by atoms with Gasteiger partial charge >= 0.3 is 0 Å². The Hall–Kier alpha value is -1.32. The Morgan fingerprint density at radius 2 is 2.00 bits per heavy atom. The van der Waals surface area contributed by atoms with E-state index >= 15 is 0 Å². The number of aromatic nitrogens is 2. The summed E-state index contributed by atoms with van der Waals surface area (Å²) in [5.41, 5.74) is -0.482. The molecule has 0 atom stereocenters. The van der Waals surface area contributed by atoms with Crippen LogP contribution in [-0.2, 0) is 12.5 Å². The smallest absolute Gasteiger partial charge is 0.257 e. The molecular formula is C9H14N2O2. The van der Waals surface area contributed by atoms with Gasteiger partial charge in [0, 0.05) is 12.5 Å². The van der Waals surface area contributed by atoms with Crippen LogP contribution in [0.3, 0.4) is 0 Å². The number of hydrogen-bond donors (Lipinski definition) is 1. The van der Waals surface area contributed by atoms with E-state index in [1.807, 2.05) is 20.8 Å². The molecule has 0 spiro atoms. The van der Waals surface area contributed by atoms with E-state index < -0.39 is 0 Å². The number of hydrogen-bond acceptors (Lipinski definition) is 3. The van der Waals surface area contributed by atoms with E-state index in [0.717, 1.165) is 6.07 Å². The monoisotopic (exact) mass is 182 g/mol. The molecule has 0 aliphatic heterocycles. The molecule has 0 radical (unpaired) electrons. The quantitative estimate of drug-likeness (QED) is 0.645. The molecule has 1 rings (SSSR count). The van der Waals surface area contributed by atoms with Crippen LogP contribution in [0.1, 0.15) is 26.6 Å². The molecular weight excluding hydrogens is 168 g/mol. The molecule has 0 saturated heterocycles. The number of nitrogens with zero attached hydrogens (tertiary/aromatic N) is 2. The van der Waals surface area contributed by atoms with Crippen LogP contribution in [0.25, 0.3) is 0 Å². The predicted molar refractivity (Wildman–Crippen MR) is 49.8 cm³/mol. The molecule has 1 N–H and O–H groups in total. The second kappa shape index (κ2) is 2.87. The Morgan fingerprint density at radius 3 is 2.46 bits per heavy atom. The van der Waals surface area contributed by atoms with Crippen molar-refractivity contribution in [2.75, 3.05) is 0 Å². The van der Waals surface area contributed by atoms with Crippen molar-refractivity contribution in [3.63, 3.8) is 0 Å². The van der Waals surface area contributed by atoms with Crippen molar-refractivity contribution >= 4 is 0 Å². The van der Waals surface area contributed by atoms with Gasteiger partial charge in [-0.05, 0) is 0 Å². The largest absolute Gasteiger partial charge is 0.493 e. The second-order valence-electron chi connectivity index (χ2n) is 4.09. The van der Waals surface area contributed by atoms with Gasteiger partial charge in [0.1, 0.15) is 5.82 Å². The van der Waals surface area contributed by atoms with Crippen LogP contribution in [0.5, 0.6) is 5.88 Å². The Morgan fingerprint density at radius 1 is 1.46 bits per heavy atom. The van der Waals surface area contributed by atoms with Gasteiger partial charge in [-0.2, -0.15) is 4.98 Å². The minimum atomic E-state index is -0.243. The van der Waals surface area contributed by atoms with E-state index in [4.69, 9.17) is 5.11 Å². The van der Waals surface area contributed by atoms with E-state index in [1.54, 1.807) is 7.05 Å². The van der Waals surface area contributed by atoms with Crippen molar-refractivity contribution < 1.29 is 5.11 Å². The summed E-state index contributed by atoms with van der Waals surface area (Å²) < 4.78 is 1.44. The van der Waals surface area contributed by atoms with Gasteiger partial charge in [0.05, 0.1) is 6.07 Å². The van der Waals surface area contributed by atoms with Crippen LogP contribution in [0.15, 0.2) is 10.9 Å². The van der Waals surface area contributed by atoms with Gasteiger partial charge in [0.25, 0.3) is 5.56 Å². The molecule has 0 saturated carbocycles. The van der Waals surface area contributed by atoms with E-state index in [-0.39, 0.29) is 16.9 Å². The third-order valence-electron chi connectivity index (χ3n) is 1.79. The Kier molecular flexibility index (Phi) is 2.15. The van der Waals surface area contributed by atoms with Gasteiger partial charge in [0.15, 0.2) is 0 Å². The van der Waals surface area contributed by atoms with Crippen LogP contribution >= 0.6 is 0 Å². The van der Waals surface area contributed by atoms with Crippen LogP contribution in [0, 0.1) is 0 Å². The zero-order valence-electron chi connectivity index (χ0n) is 8.33. The maximum Gasteiger partial charge on any atom is 0.257 e. The minimum absolute atomic E-state index is 0.215. The fourth-order valence-corrected chi connectivity index (χ4v) is 1.20. The standard InChI is InChI=1S/C9H14N2O2/c1-9(2,3)8-10-6(12)5-7(13)11(8)4/h5,12H,1-4H3. The van der Waals surface area contributed by atoms with Gasteiger partial charge in [0.2, 0.25) is 5.88 Å². The van der Waals surface area contributed by atoms with Crippen LogP contribution in [-0.4, -0.2) is 14.7 Å². The molecule has 0 amide bonds. The first-order valence-corrected chi connectivity index (χ1v) is 4.10. The first kappa shape index (κ1) is 9.77. The molecule has 4 nitrogen and oxygen atoms in total. The summed E-state index contributed by atoms with van der Waals surface area (Å²) in [6.07, 6.45) is 0. The molecule has 0 unspecified atom stereocenters. The van der Waals surface area contributed by atoms with Crippen molar-refractivity contribution in [1.29, 1.82) is 0 Å². The highest BCUT2D eigenvalue weighted by Gasteiger charge is 2.19. The van der Waals surface area contributed by atoms with Gasteiger partial charge in [-0.3, -0.25) is 9.36 Å². The Bertz CT molecular complexity index is 374.